The van der Waals surface area contributed by atoms with Crippen molar-refractivity contribution in [2.45, 2.75) is 0 Å². The maximum absolute atomic E-state index is 12.6. The average Bonchev–Trinajstić information content (AvgIpc) is 2.40. The average molecular weight is 297 g/mol. The van der Waals surface area contributed by atoms with E-state index in [4.69, 9.17) is 4.52 Å². The fourth-order valence-corrected chi connectivity index (χ4v) is 3.57. The van der Waals surface area contributed by atoms with Crippen LogP contribution in [0, 0.1) is 0 Å². The summed E-state index contributed by atoms with van der Waals surface area (Å²) in [5.74, 6) is 0.264. The van der Waals surface area contributed by atoms with E-state index >= 15 is 0 Å². The van der Waals surface area contributed by atoms with Gasteiger partial charge >= 0.3 is 7.60 Å². The summed E-state index contributed by atoms with van der Waals surface area (Å²) in [7, 11) is -3.96. The Hall–Kier alpha value is -1.46. The highest BCUT2D eigenvalue weighted by Gasteiger charge is 2.30. The second-order valence-electron chi connectivity index (χ2n) is 3.52. The van der Waals surface area contributed by atoms with Gasteiger partial charge in [0.1, 0.15) is 5.75 Å². The van der Waals surface area contributed by atoms with Crippen molar-refractivity contribution in [3.63, 3.8) is 0 Å². The molecule has 7 heteroatoms. The normalized spacial score (nSPS) is 15.4. The topological polar surface area (TPSA) is 75.7 Å². The molecule has 2 unspecified atom stereocenters. The van der Waals surface area contributed by atoms with E-state index in [0.29, 0.717) is 0 Å². The fourth-order valence-electron chi connectivity index (χ4n) is 1.42. The third-order valence-electron chi connectivity index (χ3n) is 2.20. The molecular weight excluding hydrogens is 287 g/mol. The Morgan fingerprint density at radius 1 is 0.947 bits per heavy atom. The fraction of sp³-hybridized carbons (Fsp3) is 0. The van der Waals surface area contributed by atoms with Crippen LogP contribution in [0.4, 0.5) is 0 Å². The first kappa shape index (κ1) is 14.0. The third kappa shape index (κ3) is 3.75. The van der Waals surface area contributed by atoms with Crippen LogP contribution in [0.25, 0.3) is 0 Å². The molecule has 0 aliphatic rings. The smallest absolute Gasteiger partial charge is 0.422 e. The van der Waals surface area contributed by atoms with Crippen LogP contribution in [0.2, 0.25) is 0 Å². The van der Waals surface area contributed by atoms with E-state index in [1.165, 1.54) is 12.1 Å². The summed E-state index contributed by atoms with van der Waals surface area (Å²) >= 11 is -2.95. The minimum atomic E-state index is -3.96. The Morgan fingerprint density at radius 3 is 2.00 bits per heavy atom. The molecule has 0 saturated heterocycles. The number of rotatable bonds is 5. The zero-order chi connectivity index (χ0) is 13.7. The van der Waals surface area contributed by atoms with Gasteiger partial charge in [-0.05, 0) is 24.3 Å². The second-order valence-corrected chi connectivity index (χ2v) is 6.21. The lowest BCUT2D eigenvalue weighted by molar-refractivity contribution is 0.379. The van der Waals surface area contributed by atoms with E-state index in [0.717, 1.165) is 0 Å². The zero-order valence-corrected chi connectivity index (χ0v) is 11.4. The van der Waals surface area contributed by atoms with Crippen molar-refractivity contribution in [1.29, 1.82) is 0 Å². The predicted octanol–water partition coefficient (Wildman–Crippen LogP) is 2.39. The monoisotopic (exact) mass is 297 g/mol. The Morgan fingerprint density at radius 2 is 1.47 bits per heavy atom. The molecule has 0 aliphatic carbocycles. The Balaban J connectivity index is 2.36. The standard InChI is InChI=1S/C12H11O5PS/c13-18(17-19(14)15,12-9-5-2-6-10-12)16-11-7-3-1-4-8-11/h1-10H,(H,14,15)/p-1. The van der Waals surface area contributed by atoms with E-state index in [-0.39, 0.29) is 11.1 Å². The Bertz CT molecular complexity index is 602. The van der Waals surface area contributed by atoms with E-state index in [1.807, 2.05) is 0 Å². The third-order valence-corrected chi connectivity index (χ3v) is 4.85. The maximum atomic E-state index is 12.6. The molecule has 0 radical (unpaired) electrons. The van der Waals surface area contributed by atoms with Gasteiger partial charge in [0, 0.05) is 0 Å². The van der Waals surface area contributed by atoms with Gasteiger partial charge in [0.25, 0.3) is 0 Å². The molecule has 0 aliphatic heterocycles. The molecular formula is C12H10O5PS-. The molecule has 2 rings (SSSR count). The second kappa shape index (κ2) is 6.12. The van der Waals surface area contributed by atoms with Crippen molar-refractivity contribution >= 4 is 24.3 Å². The highest BCUT2D eigenvalue weighted by atomic mass is 32.2. The van der Waals surface area contributed by atoms with Gasteiger partial charge in [0.15, 0.2) is 0 Å². The van der Waals surface area contributed by atoms with Crippen molar-refractivity contribution in [3.05, 3.63) is 60.7 Å². The summed E-state index contributed by atoms with van der Waals surface area (Å²) in [5, 5.41) is 0.169. The van der Waals surface area contributed by atoms with Crippen molar-refractivity contribution in [2.75, 3.05) is 0 Å². The van der Waals surface area contributed by atoms with Gasteiger partial charge < -0.3 is 9.08 Å². The van der Waals surface area contributed by atoms with E-state index in [9.17, 15) is 13.3 Å². The molecule has 0 spiro atoms. The van der Waals surface area contributed by atoms with Crippen LogP contribution in [-0.2, 0) is 19.9 Å². The van der Waals surface area contributed by atoms with Crippen LogP contribution >= 0.6 is 7.60 Å². The first-order valence-corrected chi connectivity index (χ1v) is 7.84. The molecule has 100 valence electrons. The lowest BCUT2D eigenvalue weighted by atomic mass is 10.3. The highest BCUT2D eigenvalue weighted by Crippen LogP contribution is 2.47. The van der Waals surface area contributed by atoms with E-state index < -0.39 is 19.0 Å². The molecule has 0 N–H and O–H groups in total. The van der Waals surface area contributed by atoms with Gasteiger partial charge in [-0.15, -0.1) is 0 Å². The van der Waals surface area contributed by atoms with Crippen molar-refractivity contribution < 1.29 is 21.8 Å². The molecule has 0 saturated carbocycles. The number of benzene rings is 2. The van der Waals surface area contributed by atoms with Gasteiger partial charge in [-0.3, -0.25) is 0 Å². The van der Waals surface area contributed by atoms with Crippen LogP contribution in [-0.4, -0.2) is 8.76 Å². The van der Waals surface area contributed by atoms with E-state index in [2.05, 4.69) is 3.97 Å². The van der Waals surface area contributed by atoms with Crippen molar-refractivity contribution in [1.82, 2.24) is 0 Å². The maximum Gasteiger partial charge on any atom is 0.422 e. The SMILES string of the molecule is O=S([O-])OP(=O)(Oc1ccccc1)c1ccccc1. The highest BCUT2D eigenvalue weighted by molar-refractivity contribution is 7.82. The summed E-state index contributed by atoms with van der Waals surface area (Å²) in [6.45, 7) is 0. The molecule has 2 aromatic carbocycles. The summed E-state index contributed by atoms with van der Waals surface area (Å²) in [5.41, 5.74) is 0. The van der Waals surface area contributed by atoms with Crippen LogP contribution in [0.1, 0.15) is 0 Å². The van der Waals surface area contributed by atoms with Crippen LogP contribution in [0.5, 0.6) is 5.75 Å². The van der Waals surface area contributed by atoms with Gasteiger partial charge in [-0.2, -0.15) is 0 Å². The zero-order valence-electron chi connectivity index (χ0n) is 9.67. The summed E-state index contributed by atoms with van der Waals surface area (Å²) < 4.78 is 43.7. The molecule has 0 heterocycles. The quantitative estimate of drug-likeness (QED) is 0.625. The Labute approximate surface area is 113 Å². The minimum absolute atomic E-state index is 0.169. The predicted molar refractivity (Wildman–Crippen MR) is 70.8 cm³/mol. The minimum Gasteiger partial charge on any atom is -0.749 e. The first-order valence-electron chi connectivity index (χ1n) is 5.30. The molecule has 2 atom stereocenters. The first-order chi connectivity index (χ1) is 9.10. The molecule has 19 heavy (non-hydrogen) atoms. The van der Waals surface area contributed by atoms with Gasteiger partial charge in [0.05, 0.1) is 16.7 Å². The number of hydrogen-bond donors (Lipinski definition) is 0. The summed E-state index contributed by atoms with van der Waals surface area (Å²) in [4.78, 5) is 0. The van der Waals surface area contributed by atoms with Gasteiger partial charge in [-0.25, -0.2) is 12.7 Å². The molecule has 5 nitrogen and oxygen atoms in total. The van der Waals surface area contributed by atoms with Crippen molar-refractivity contribution in [2.24, 2.45) is 0 Å². The van der Waals surface area contributed by atoms with E-state index in [1.54, 1.807) is 48.5 Å². The summed E-state index contributed by atoms with van der Waals surface area (Å²) in [6, 6.07) is 16.2. The largest absolute Gasteiger partial charge is 0.749 e. The number of hydrogen-bond acceptors (Lipinski definition) is 5. The molecule has 0 fully saturated rings. The molecule has 0 amide bonds. The lowest BCUT2D eigenvalue weighted by Gasteiger charge is -2.19. The van der Waals surface area contributed by atoms with Crippen LogP contribution < -0.4 is 9.83 Å². The Kier molecular flexibility index (Phi) is 4.50. The van der Waals surface area contributed by atoms with Crippen LogP contribution in [0.3, 0.4) is 0 Å². The van der Waals surface area contributed by atoms with Gasteiger partial charge in [-0.1, -0.05) is 36.4 Å². The number of para-hydroxylation sites is 1. The molecule has 0 aromatic heterocycles. The molecule has 0 bridgehead atoms. The van der Waals surface area contributed by atoms with Crippen LogP contribution in [0.15, 0.2) is 60.7 Å². The molecule has 2 aromatic rings. The van der Waals surface area contributed by atoms with Gasteiger partial charge in [0.2, 0.25) is 0 Å². The summed E-state index contributed by atoms with van der Waals surface area (Å²) in [6.07, 6.45) is 0. The van der Waals surface area contributed by atoms with Crippen molar-refractivity contribution in [3.8, 4) is 5.75 Å². The lowest BCUT2D eigenvalue weighted by Crippen LogP contribution is -2.13.